The fourth-order valence-electron chi connectivity index (χ4n) is 2.33. The van der Waals surface area contributed by atoms with Gasteiger partial charge in [0.2, 0.25) is 0 Å². The van der Waals surface area contributed by atoms with Crippen LogP contribution in [0.4, 0.5) is 0 Å². The van der Waals surface area contributed by atoms with Gasteiger partial charge in [-0.05, 0) is 49.9 Å². The summed E-state index contributed by atoms with van der Waals surface area (Å²) < 4.78 is 11.6. The van der Waals surface area contributed by atoms with E-state index < -0.39 is 0 Å². The van der Waals surface area contributed by atoms with Crippen LogP contribution in [-0.4, -0.2) is 12.2 Å². The van der Waals surface area contributed by atoms with Crippen molar-refractivity contribution < 1.29 is 9.47 Å². The summed E-state index contributed by atoms with van der Waals surface area (Å²) in [6.45, 7) is 9.51. The first-order valence-corrected chi connectivity index (χ1v) is 7.97. The molecule has 0 radical (unpaired) electrons. The van der Waals surface area contributed by atoms with E-state index in [0.29, 0.717) is 13.2 Å². The van der Waals surface area contributed by atoms with Crippen molar-refractivity contribution in [3.05, 3.63) is 59.7 Å². The van der Waals surface area contributed by atoms with E-state index in [1.165, 1.54) is 22.3 Å². The van der Waals surface area contributed by atoms with Crippen molar-refractivity contribution in [1.29, 1.82) is 0 Å². The number of hydrogen-bond acceptors (Lipinski definition) is 2. The minimum Gasteiger partial charge on any atom is -0.374 e. The van der Waals surface area contributed by atoms with E-state index in [9.17, 15) is 0 Å². The fourth-order valence-corrected chi connectivity index (χ4v) is 2.33. The summed E-state index contributed by atoms with van der Waals surface area (Å²) in [4.78, 5) is 0. The zero-order chi connectivity index (χ0) is 15.9. The zero-order valence-corrected chi connectivity index (χ0v) is 14.0. The monoisotopic (exact) mass is 298 g/mol. The second-order valence-corrected chi connectivity index (χ2v) is 6.03. The van der Waals surface area contributed by atoms with Gasteiger partial charge in [0.15, 0.2) is 0 Å². The van der Waals surface area contributed by atoms with Crippen molar-refractivity contribution in [2.75, 3.05) is 0 Å². The lowest BCUT2D eigenvalue weighted by Gasteiger charge is -2.16. The van der Waals surface area contributed by atoms with E-state index >= 15 is 0 Å². The molecule has 0 amide bonds. The van der Waals surface area contributed by atoms with Crippen LogP contribution in [0.25, 0.3) is 11.1 Å². The molecule has 2 nitrogen and oxygen atoms in total. The lowest BCUT2D eigenvalue weighted by atomic mass is 9.96. The highest BCUT2D eigenvalue weighted by Gasteiger charge is 2.10. The molecule has 2 heteroatoms. The van der Waals surface area contributed by atoms with Gasteiger partial charge in [-0.15, -0.1) is 0 Å². The van der Waals surface area contributed by atoms with Crippen molar-refractivity contribution in [3.63, 3.8) is 0 Å². The van der Waals surface area contributed by atoms with Gasteiger partial charge >= 0.3 is 0 Å². The third kappa shape index (κ3) is 4.69. The topological polar surface area (TPSA) is 18.5 Å². The summed E-state index contributed by atoms with van der Waals surface area (Å²) in [5.41, 5.74) is 4.89. The Morgan fingerprint density at radius 2 is 1.00 bits per heavy atom. The lowest BCUT2D eigenvalue weighted by Crippen LogP contribution is -2.05. The number of benzene rings is 2. The van der Waals surface area contributed by atoms with E-state index in [-0.39, 0.29) is 12.2 Å². The molecule has 0 aliphatic rings. The van der Waals surface area contributed by atoms with Crippen molar-refractivity contribution in [2.45, 2.75) is 53.1 Å². The molecule has 0 N–H and O–H groups in total. The number of rotatable bonds is 7. The largest absolute Gasteiger partial charge is 0.374 e. The summed E-state index contributed by atoms with van der Waals surface area (Å²) in [5.74, 6) is 0. The van der Waals surface area contributed by atoms with E-state index in [4.69, 9.17) is 9.47 Å². The normalized spacial score (nSPS) is 11.4. The van der Waals surface area contributed by atoms with E-state index in [1.54, 1.807) is 0 Å². The molecular weight excluding hydrogens is 272 g/mol. The number of ether oxygens (including phenoxy) is 2. The fraction of sp³-hybridized carbons (Fsp3) is 0.400. The van der Waals surface area contributed by atoms with Crippen molar-refractivity contribution in [2.24, 2.45) is 0 Å². The molecule has 0 fully saturated rings. The molecule has 0 spiro atoms. The van der Waals surface area contributed by atoms with Crippen LogP contribution < -0.4 is 0 Å². The molecule has 0 aliphatic heterocycles. The van der Waals surface area contributed by atoms with Crippen LogP contribution in [0.1, 0.15) is 38.8 Å². The molecule has 0 aliphatic carbocycles. The molecule has 0 bridgehead atoms. The van der Waals surface area contributed by atoms with Crippen LogP contribution in [0.2, 0.25) is 0 Å². The van der Waals surface area contributed by atoms with Crippen molar-refractivity contribution >= 4 is 0 Å². The van der Waals surface area contributed by atoms with Gasteiger partial charge in [-0.3, -0.25) is 0 Å². The van der Waals surface area contributed by atoms with E-state index in [0.717, 1.165) is 0 Å². The Bertz CT molecular complexity index is 534. The summed E-state index contributed by atoms with van der Waals surface area (Å²) in [5, 5.41) is 0. The van der Waals surface area contributed by atoms with Crippen LogP contribution in [0.15, 0.2) is 48.5 Å². The van der Waals surface area contributed by atoms with Gasteiger partial charge in [0, 0.05) is 0 Å². The van der Waals surface area contributed by atoms with Crippen LogP contribution in [0, 0.1) is 0 Å². The average molecular weight is 298 g/mol. The third-order valence-corrected chi connectivity index (χ3v) is 3.47. The van der Waals surface area contributed by atoms with Crippen molar-refractivity contribution in [3.8, 4) is 11.1 Å². The van der Waals surface area contributed by atoms with E-state index in [1.807, 2.05) is 0 Å². The Balaban J connectivity index is 2.31. The predicted octanol–water partition coefficient (Wildman–Crippen LogP) is 5.20. The molecule has 0 atom stereocenters. The number of hydrogen-bond donors (Lipinski definition) is 0. The molecule has 2 aromatic rings. The lowest BCUT2D eigenvalue weighted by molar-refractivity contribution is 0.0650. The first-order chi connectivity index (χ1) is 10.6. The summed E-state index contributed by atoms with van der Waals surface area (Å²) in [7, 11) is 0. The van der Waals surface area contributed by atoms with Crippen LogP contribution in [0.3, 0.4) is 0 Å². The highest BCUT2D eigenvalue weighted by atomic mass is 16.5. The summed E-state index contributed by atoms with van der Waals surface area (Å²) in [6.07, 6.45) is 0.458. The van der Waals surface area contributed by atoms with Crippen LogP contribution >= 0.6 is 0 Å². The standard InChI is InChI=1S/C20H26O2/c1-15(2)21-13-17-9-5-7-11-19(17)20-12-8-6-10-18(20)14-22-16(3)4/h5-12,15-16H,13-14H2,1-4H3. The molecule has 2 aromatic carbocycles. The van der Waals surface area contributed by atoms with Gasteiger partial charge in [-0.2, -0.15) is 0 Å². The Kier molecular flexibility index (Phi) is 6.17. The predicted molar refractivity (Wildman–Crippen MR) is 91.7 cm³/mol. The molecule has 22 heavy (non-hydrogen) atoms. The minimum atomic E-state index is 0.229. The first kappa shape index (κ1) is 16.7. The average Bonchev–Trinajstić information content (AvgIpc) is 2.51. The molecule has 118 valence electrons. The van der Waals surface area contributed by atoms with Gasteiger partial charge in [0.1, 0.15) is 0 Å². The van der Waals surface area contributed by atoms with E-state index in [2.05, 4.69) is 76.2 Å². The maximum atomic E-state index is 5.80. The van der Waals surface area contributed by atoms with Gasteiger partial charge in [-0.25, -0.2) is 0 Å². The second-order valence-electron chi connectivity index (χ2n) is 6.03. The maximum absolute atomic E-state index is 5.80. The highest BCUT2D eigenvalue weighted by molar-refractivity contribution is 5.70. The van der Waals surface area contributed by atoms with Gasteiger partial charge in [-0.1, -0.05) is 48.5 Å². The molecular formula is C20H26O2. The molecule has 0 saturated heterocycles. The van der Waals surface area contributed by atoms with Gasteiger partial charge in [0.05, 0.1) is 25.4 Å². The SMILES string of the molecule is CC(C)OCc1ccccc1-c1ccccc1COC(C)C. The molecule has 0 unspecified atom stereocenters. The second kappa shape index (κ2) is 8.11. The maximum Gasteiger partial charge on any atom is 0.0726 e. The molecule has 0 saturated carbocycles. The quantitative estimate of drug-likeness (QED) is 0.699. The van der Waals surface area contributed by atoms with Crippen molar-refractivity contribution in [1.82, 2.24) is 0 Å². The Morgan fingerprint density at radius 3 is 1.36 bits per heavy atom. The Hall–Kier alpha value is -1.64. The molecule has 2 rings (SSSR count). The first-order valence-electron chi connectivity index (χ1n) is 7.97. The van der Waals surface area contributed by atoms with Crippen LogP contribution in [0.5, 0.6) is 0 Å². The minimum absolute atomic E-state index is 0.229. The third-order valence-electron chi connectivity index (χ3n) is 3.47. The summed E-state index contributed by atoms with van der Waals surface area (Å²) in [6, 6.07) is 16.9. The zero-order valence-electron chi connectivity index (χ0n) is 14.0. The molecule has 0 aromatic heterocycles. The van der Waals surface area contributed by atoms with Crippen LogP contribution in [-0.2, 0) is 22.7 Å². The van der Waals surface area contributed by atoms with Gasteiger partial charge < -0.3 is 9.47 Å². The van der Waals surface area contributed by atoms with Gasteiger partial charge in [0.25, 0.3) is 0 Å². The molecule has 0 heterocycles. The smallest absolute Gasteiger partial charge is 0.0726 e. The highest BCUT2D eigenvalue weighted by Crippen LogP contribution is 2.28. The Labute approximate surface area is 134 Å². The summed E-state index contributed by atoms with van der Waals surface area (Å²) >= 11 is 0. The Morgan fingerprint density at radius 1 is 0.636 bits per heavy atom.